The molecule has 0 aliphatic rings. The predicted octanol–water partition coefficient (Wildman–Crippen LogP) is 3.08. The van der Waals surface area contributed by atoms with Gasteiger partial charge >= 0.3 is 0 Å². The summed E-state index contributed by atoms with van der Waals surface area (Å²) < 4.78 is 0. The number of hydrogen-bond acceptors (Lipinski definition) is 2. The van der Waals surface area contributed by atoms with Crippen LogP contribution in [0.25, 0.3) is 0 Å². The molecule has 1 atom stereocenters. The predicted molar refractivity (Wildman–Crippen MR) is 59.3 cm³/mol. The molecule has 0 rings (SSSR count). The van der Waals surface area contributed by atoms with E-state index >= 15 is 0 Å². The van der Waals surface area contributed by atoms with Crippen molar-refractivity contribution in [3.8, 4) is 0 Å². The molecule has 0 heterocycles. The van der Waals surface area contributed by atoms with Crippen molar-refractivity contribution in [2.75, 3.05) is 0 Å². The molecule has 0 aromatic carbocycles. The lowest BCUT2D eigenvalue weighted by Crippen LogP contribution is -2.37. The molecule has 0 aromatic heterocycles. The molecule has 0 fully saturated rings. The van der Waals surface area contributed by atoms with Gasteiger partial charge in [-0.15, -0.1) is 0 Å². The minimum absolute atomic E-state index is 0.0373. The highest BCUT2D eigenvalue weighted by atomic mass is 16.3. The van der Waals surface area contributed by atoms with Crippen LogP contribution in [0, 0.1) is 0 Å². The van der Waals surface area contributed by atoms with Gasteiger partial charge in [0.15, 0.2) is 5.78 Å². The average Bonchev–Trinajstić information content (AvgIpc) is 2.22. The van der Waals surface area contributed by atoms with Gasteiger partial charge in [-0.3, -0.25) is 4.79 Å². The number of carbonyl (C=O) groups excluding carboxylic acids is 1. The molecule has 84 valence electrons. The Hall–Kier alpha value is -0.370. The van der Waals surface area contributed by atoms with Gasteiger partial charge in [0.25, 0.3) is 0 Å². The zero-order chi connectivity index (χ0) is 11.0. The Labute approximate surface area is 87.7 Å². The molecule has 0 saturated heterocycles. The Morgan fingerprint density at radius 3 is 2.14 bits per heavy atom. The maximum absolute atomic E-state index is 11.7. The van der Waals surface area contributed by atoms with Gasteiger partial charge < -0.3 is 5.11 Å². The second kappa shape index (κ2) is 6.99. The molecular formula is C12H24O2. The van der Waals surface area contributed by atoms with Crippen LogP contribution in [0.15, 0.2) is 0 Å². The Morgan fingerprint density at radius 2 is 1.71 bits per heavy atom. The maximum atomic E-state index is 11.7. The highest BCUT2D eigenvalue weighted by Gasteiger charge is 2.31. The number of unbranched alkanes of at least 4 members (excludes halogenated alkanes) is 2. The van der Waals surface area contributed by atoms with Crippen LogP contribution in [0.4, 0.5) is 0 Å². The summed E-state index contributed by atoms with van der Waals surface area (Å²) >= 11 is 0. The summed E-state index contributed by atoms with van der Waals surface area (Å²) in [5, 5.41) is 10.1. The van der Waals surface area contributed by atoms with Crippen LogP contribution in [-0.4, -0.2) is 16.5 Å². The van der Waals surface area contributed by atoms with Crippen molar-refractivity contribution < 1.29 is 9.90 Å². The first-order valence-corrected chi connectivity index (χ1v) is 5.86. The minimum atomic E-state index is -1.04. The van der Waals surface area contributed by atoms with Crippen molar-refractivity contribution >= 4 is 5.78 Å². The third-order valence-electron chi connectivity index (χ3n) is 2.81. The number of hydrogen-bond donors (Lipinski definition) is 1. The van der Waals surface area contributed by atoms with E-state index in [1.54, 1.807) is 0 Å². The number of ketones is 1. The molecule has 14 heavy (non-hydrogen) atoms. The van der Waals surface area contributed by atoms with Gasteiger partial charge in [0.2, 0.25) is 0 Å². The summed E-state index contributed by atoms with van der Waals surface area (Å²) in [6, 6.07) is 0. The van der Waals surface area contributed by atoms with E-state index in [4.69, 9.17) is 0 Å². The average molecular weight is 200 g/mol. The molecule has 0 saturated carbocycles. The van der Waals surface area contributed by atoms with Crippen LogP contribution in [0.2, 0.25) is 0 Å². The van der Waals surface area contributed by atoms with E-state index in [2.05, 4.69) is 13.8 Å². The molecule has 1 N–H and O–H groups in total. The molecule has 1 unspecified atom stereocenters. The van der Waals surface area contributed by atoms with Crippen molar-refractivity contribution in [3.63, 3.8) is 0 Å². The molecule has 0 amide bonds. The van der Waals surface area contributed by atoms with E-state index in [1.807, 2.05) is 6.92 Å². The fourth-order valence-electron chi connectivity index (χ4n) is 1.55. The van der Waals surface area contributed by atoms with Gasteiger partial charge in [0.1, 0.15) is 5.60 Å². The summed E-state index contributed by atoms with van der Waals surface area (Å²) in [5.74, 6) is 0.0373. The SMILES string of the molecule is CCCCC(=O)C(O)(CC)CCCC. The second-order valence-electron chi connectivity index (χ2n) is 4.02. The van der Waals surface area contributed by atoms with Crippen LogP contribution < -0.4 is 0 Å². The van der Waals surface area contributed by atoms with Crippen LogP contribution in [0.3, 0.4) is 0 Å². The zero-order valence-electron chi connectivity index (χ0n) is 9.81. The minimum Gasteiger partial charge on any atom is -0.382 e. The molecule has 0 aromatic rings. The third-order valence-corrected chi connectivity index (χ3v) is 2.81. The molecule has 2 heteroatoms. The van der Waals surface area contributed by atoms with E-state index in [0.29, 0.717) is 19.3 Å². The number of aliphatic hydroxyl groups is 1. The normalized spacial score (nSPS) is 15.1. The van der Waals surface area contributed by atoms with Crippen molar-refractivity contribution in [1.82, 2.24) is 0 Å². The lowest BCUT2D eigenvalue weighted by Gasteiger charge is -2.25. The van der Waals surface area contributed by atoms with E-state index < -0.39 is 5.60 Å². The van der Waals surface area contributed by atoms with E-state index in [-0.39, 0.29) is 5.78 Å². The fourth-order valence-corrected chi connectivity index (χ4v) is 1.55. The standard InChI is InChI=1S/C12H24O2/c1-4-7-9-11(13)12(14,6-3)10-8-5-2/h14H,4-10H2,1-3H3. The lowest BCUT2D eigenvalue weighted by molar-refractivity contribution is -0.138. The van der Waals surface area contributed by atoms with Gasteiger partial charge in [-0.05, 0) is 19.3 Å². The quantitative estimate of drug-likeness (QED) is 0.653. The molecule has 0 bridgehead atoms. The Kier molecular flexibility index (Phi) is 6.81. The van der Waals surface area contributed by atoms with Crippen molar-refractivity contribution in [2.24, 2.45) is 0 Å². The Balaban J connectivity index is 4.12. The summed E-state index contributed by atoms with van der Waals surface area (Å²) in [5.41, 5.74) is -1.04. The lowest BCUT2D eigenvalue weighted by atomic mass is 9.87. The van der Waals surface area contributed by atoms with Crippen molar-refractivity contribution in [1.29, 1.82) is 0 Å². The van der Waals surface area contributed by atoms with Crippen molar-refractivity contribution in [2.45, 2.75) is 71.3 Å². The van der Waals surface area contributed by atoms with Crippen molar-refractivity contribution in [3.05, 3.63) is 0 Å². The largest absolute Gasteiger partial charge is 0.382 e. The third kappa shape index (κ3) is 4.23. The summed E-state index contributed by atoms with van der Waals surface area (Å²) in [4.78, 5) is 11.7. The van der Waals surface area contributed by atoms with Crippen LogP contribution in [-0.2, 0) is 4.79 Å². The maximum Gasteiger partial charge on any atom is 0.164 e. The molecule has 2 nitrogen and oxygen atoms in total. The highest BCUT2D eigenvalue weighted by Crippen LogP contribution is 2.22. The van der Waals surface area contributed by atoms with E-state index in [0.717, 1.165) is 25.7 Å². The van der Waals surface area contributed by atoms with Crippen LogP contribution >= 0.6 is 0 Å². The summed E-state index contributed by atoms with van der Waals surface area (Å²) in [6.07, 6.45) is 5.58. The first-order valence-electron chi connectivity index (χ1n) is 5.86. The number of rotatable bonds is 8. The second-order valence-corrected chi connectivity index (χ2v) is 4.02. The first-order chi connectivity index (χ1) is 6.60. The van der Waals surface area contributed by atoms with Crippen LogP contribution in [0.1, 0.15) is 65.7 Å². The molecule has 0 radical (unpaired) electrons. The monoisotopic (exact) mass is 200 g/mol. The van der Waals surface area contributed by atoms with Crippen LogP contribution in [0.5, 0.6) is 0 Å². The van der Waals surface area contributed by atoms with Gasteiger partial charge in [0.05, 0.1) is 0 Å². The highest BCUT2D eigenvalue weighted by molar-refractivity contribution is 5.86. The number of Topliss-reactive ketones (excluding diaryl/α,β-unsaturated/α-hetero) is 1. The molecule has 0 aliphatic carbocycles. The summed E-state index contributed by atoms with van der Waals surface area (Å²) in [6.45, 7) is 6.02. The molecule has 0 spiro atoms. The fraction of sp³-hybridized carbons (Fsp3) is 0.917. The van der Waals surface area contributed by atoms with Gasteiger partial charge in [-0.1, -0.05) is 40.0 Å². The Morgan fingerprint density at radius 1 is 1.14 bits per heavy atom. The first kappa shape index (κ1) is 13.6. The van der Waals surface area contributed by atoms with Gasteiger partial charge in [-0.25, -0.2) is 0 Å². The Bertz CT molecular complexity index is 166. The zero-order valence-corrected chi connectivity index (χ0v) is 9.81. The molecule has 0 aliphatic heterocycles. The number of carbonyl (C=O) groups is 1. The smallest absolute Gasteiger partial charge is 0.164 e. The molecular weight excluding hydrogens is 176 g/mol. The van der Waals surface area contributed by atoms with Gasteiger partial charge in [0, 0.05) is 6.42 Å². The van der Waals surface area contributed by atoms with Gasteiger partial charge in [-0.2, -0.15) is 0 Å². The topological polar surface area (TPSA) is 37.3 Å². The van der Waals surface area contributed by atoms with E-state index in [1.165, 1.54) is 0 Å². The van der Waals surface area contributed by atoms with E-state index in [9.17, 15) is 9.90 Å². The summed E-state index contributed by atoms with van der Waals surface area (Å²) in [7, 11) is 0.